The number of rotatable bonds is 8. The van der Waals surface area contributed by atoms with Crippen LogP contribution in [0.3, 0.4) is 0 Å². The molecular weight excluding hydrogens is 398 g/mol. The lowest BCUT2D eigenvalue weighted by Gasteiger charge is -2.06. The summed E-state index contributed by atoms with van der Waals surface area (Å²) in [7, 11) is 1.62. The summed E-state index contributed by atoms with van der Waals surface area (Å²) in [6, 6.07) is 24.5. The summed E-state index contributed by atoms with van der Waals surface area (Å²) in [5.41, 5.74) is 3.25. The molecule has 32 heavy (non-hydrogen) atoms. The summed E-state index contributed by atoms with van der Waals surface area (Å²) in [6.45, 7) is 2.16. The Morgan fingerprint density at radius 3 is 2.19 bits per heavy atom. The van der Waals surface area contributed by atoms with E-state index in [1.807, 2.05) is 47.6 Å². The highest BCUT2D eigenvalue weighted by atomic mass is 16.5. The maximum Gasteiger partial charge on any atom is 0.244 e. The number of ether oxygens (including phenoxy) is 1. The smallest absolute Gasteiger partial charge is 0.244 e. The van der Waals surface area contributed by atoms with Crippen molar-refractivity contribution in [1.29, 1.82) is 0 Å². The monoisotopic (exact) mass is 424 g/mol. The number of hydrogen-bond acceptors (Lipinski definition) is 2. The van der Waals surface area contributed by atoms with E-state index in [4.69, 9.17) is 4.74 Å². The van der Waals surface area contributed by atoms with Crippen molar-refractivity contribution in [2.24, 2.45) is 0 Å². The molecule has 160 valence electrons. The largest absolute Gasteiger partial charge is 0.497 e. The minimum absolute atomic E-state index is 0.0840. The van der Waals surface area contributed by atoms with E-state index in [1.165, 1.54) is 21.8 Å². The molecule has 0 spiro atoms. The van der Waals surface area contributed by atoms with Crippen LogP contribution in [-0.4, -0.2) is 22.0 Å². The van der Waals surface area contributed by atoms with Crippen LogP contribution in [0.4, 0.5) is 0 Å². The number of ketones is 1. The number of aryl methyl sites for hydroxylation is 2. The van der Waals surface area contributed by atoms with Crippen LogP contribution in [0.2, 0.25) is 0 Å². The second-order valence-corrected chi connectivity index (χ2v) is 8.01. The number of para-hydroxylation sites is 2. The van der Waals surface area contributed by atoms with Crippen LogP contribution in [0.1, 0.15) is 16.8 Å². The quantitative estimate of drug-likeness (QED) is 0.263. The van der Waals surface area contributed by atoms with E-state index >= 15 is 0 Å². The van der Waals surface area contributed by atoms with E-state index in [-0.39, 0.29) is 5.78 Å². The zero-order valence-corrected chi connectivity index (χ0v) is 18.1. The van der Waals surface area contributed by atoms with Crippen LogP contribution >= 0.6 is 0 Å². The number of nitrogens with zero attached hydrogens (tertiary/aromatic N) is 3. The summed E-state index contributed by atoms with van der Waals surface area (Å²) in [4.78, 5) is 12.6. The summed E-state index contributed by atoms with van der Waals surface area (Å²) in [5.74, 6) is 0.837. The van der Waals surface area contributed by atoms with Gasteiger partial charge < -0.3 is 9.30 Å². The number of Topliss-reactive ketones (excluding diaryl/α,β-unsaturated/α-hetero) is 1. The molecule has 0 atom stereocenters. The molecule has 0 bridgehead atoms. The van der Waals surface area contributed by atoms with Gasteiger partial charge in [0, 0.05) is 40.3 Å². The van der Waals surface area contributed by atoms with E-state index in [9.17, 15) is 4.79 Å². The van der Waals surface area contributed by atoms with Gasteiger partial charge in [0.15, 0.2) is 6.54 Å². The summed E-state index contributed by atoms with van der Waals surface area (Å²) < 4.78 is 11.7. The molecule has 5 nitrogen and oxygen atoms in total. The Morgan fingerprint density at radius 1 is 0.875 bits per heavy atom. The minimum atomic E-state index is 0.0840. The zero-order valence-electron chi connectivity index (χ0n) is 18.1. The van der Waals surface area contributed by atoms with Crippen molar-refractivity contribution in [3.8, 4) is 5.75 Å². The Kier molecular flexibility index (Phi) is 5.46. The Labute approximate surface area is 187 Å². The van der Waals surface area contributed by atoms with Crippen molar-refractivity contribution < 1.29 is 14.1 Å². The van der Waals surface area contributed by atoms with Gasteiger partial charge in [-0.05, 0) is 36.4 Å². The number of imidazole rings is 1. The first-order chi connectivity index (χ1) is 15.7. The molecule has 0 fully saturated rings. The highest BCUT2D eigenvalue weighted by Crippen LogP contribution is 2.28. The normalized spacial score (nSPS) is 11.3. The highest BCUT2D eigenvalue weighted by Gasteiger charge is 2.13. The number of hydrogen-bond donors (Lipinski definition) is 0. The molecule has 0 amide bonds. The van der Waals surface area contributed by atoms with Gasteiger partial charge in [-0.25, -0.2) is 9.13 Å². The number of aromatic nitrogens is 3. The Morgan fingerprint density at radius 2 is 1.53 bits per heavy atom. The molecule has 5 aromatic rings. The Hall–Kier alpha value is -3.86. The van der Waals surface area contributed by atoms with Gasteiger partial charge >= 0.3 is 0 Å². The first kappa shape index (κ1) is 20.1. The van der Waals surface area contributed by atoms with Gasteiger partial charge in [-0.3, -0.25) is 4.79 Å². The number of methoxy groups -OCH3 is 1. The lowest BCUT2D eigenvalue weighted by molar-refractivity contribution is -0.682. The van der Waals surface area contributed by atoms with Gasteiger partial charge in [0.05, 0.1) is 13.7 Å². The maximum absolute atomic E-state index is 12.6. The first-order valence-electron chi connectivity index (χ1n) is 10.9. The van der Waals surface area contributed by atoms with Crippen LogP contribution in [0, 0.1) is 0 Å². The predicted octanol–water partition coefficient (Wildman–Crippen LogP) is 4.87. The third-order valence-electron chi connectivity index (χ3n) is 5.96. The van der Waals surface area contributed by atoms with E-state index < -0.39 is 0 Å². The van der Waals surface area contributed by atoms with Crippen LogP contribution in [0.15, 0.2) is 91.5 Å². The molecule has 0 saturated carbocycles. The van der Waals surface area contributed by atoms with E-state index in [1.54, 1.807) is 7.11 Å². The molecule has 2 heterocycles. The van der Waals surface area contributed by atoms with Crippen molar-refractivity contribution in [1.82, 2.24) is 9.13 Å². The second-order valence-electron chi connectivity index (χ2n) is 8.01. The summed E-state index contributed by atoms with van der Waals surface area (Å²) >= 11 is 0. The van der Waals surface area contributed by atoms with Crippen LogP contribution in [0.25, 0.3) is 21.8 Å². The SMILES string of the molecule is COc1ccc(C(=O)C[n+]2ccn(CCCn3c4ccccc4c4ccccc43)c2)cc1. The fourth-order valence-electron chi connectivity index (χ4n) is 4.35. The van der Waals surface area contributed by atoms with E-state index in [0.29, 0.717) is 12.1 Å². The van der Waals surface area contributed by atoms with Crippen molar-refractivity contribution in [2.75, 3.05) is 7.11 Å². The topological polar surface area (TPSA) is 40.0 Å². The van der Waals surface area contributed by atoms with Crippen molar-refractivity contribution in [3.05, 3.63) is 97.1 Å². The fourth-order valence-corrected chi connectivity index (χ4v) is 4.35. The third kappa shape index (κ3) is 3.89. The number of carbonyl (C=O) groups is 1. The molecule has 0 N–H and O–H groups in total. The van der Waals surface area contributed by atoms with Gasteiger partial charge in [0.1, 0.15) is 18.1 Å². The van der Waals surface area contributed by atoms with E-state index in [0.717, 1.165) is 25.3 Å². The van der Waals surface area contributed by atoms with Crippen molar-refractivity contribution in [2.45, 2.75) is 26.1 Å². The van der Waals surface area contributed by atoms with Gasteiger partial charge in [0.2, 0.25) is 12.1 Å². The summed E-state index contributed by atoms with van der Waals surface area (Å²) in [5, 5.41) is 2.61. The molecule has 0 saturated heterocycles. The van der Waals surface area contributed by atoms with Crippen LogP contribution in [0.5, 0.6) is 5.75 Å². The minimum Gasteiger partial charge on any atom is -0.497 e. The lowest BCUT2D eigenvalue weighted by atomic mass is 10.1. The molecular formula is C27H26N3O2+. The van der Waals surface area contributed by atoms with Gasteiger partial charge in [-0.1, -0.05) is 36.4 Å². The predicted molar refractivity (Wildman–Crippen MR) is 126 cm³/mol. The molecule has 0 aliphatic carbocycles. The molecule has 5 rings (SSSR count). The van der Waals surface area contributed by atoms with Gasteiger partial charge in [-0.2, -0.15) is 0 Å². The maximum atomic E-state index is 12.6. The first-order valence-corrected chi connectivity index (χ1v) is 10.9. The Bertz CT molecular complexity index is 1330. The van der Waals surface area contributed by atoms with Crippen LogP contribution < -0.4 is 9.30 Å². The molecule has 0 radical (unpaired) electrons. The Balaban J connectivity index is 1.24. The molecule has 0 unspecified atom stereocenters. The van der Waals surface area contributed by atoms with Gasteiger partial charge in [-0.15, -0.1) is 0 Å². The fraction of sp³-hybridized carbons (Fsp3) is 0.185. The highest BCUT2D eigenvalue weighted by molar-refractivity contribution is 6.07. The standard InChI is InChI=1S/C27H26N3O2/c1-32-22-13-11-21(12-14-22)27(31)19-29-18-17-28(20-29)15-6-16-30-25-9-4-2-7-23(25)24-8-3-5-10-26(24)30/h2-5,7-14,17-18,20H,6,15-16,19H2,1H3/q+1. The molecule has 0 aliphatic heterocycles. The lowest BCUT2D eigenvalue weighted by Crippen LogP contribution is -2.35. The number of carbonyl (C=O) groups excluding carboxylic acids is 1. The molecule has 2 aromatic heterocycles. The third-order valence-corrected chi connectivity index (χ3v) is 5.96. The zero-order chi connectivity index (χ0) is 21.9. The van der Waals surface area contributed by atoms with Crippen LogP contribution in [-0.2, 0) is 19.6 Å². The van der Waals surface area contributed by atoms with Gasteiger partial charge in [0.25, 0.3) is 0 Å². The van der Waals surface area contributed by atoms with Crippen molar-refractivity contribution in [3.63, 3.8) is 0 Å². The van der Waals surface area contributed by atoms with Crippen molar-refractivity contribution >= 4 is 27.6 Å². The second kappa shape index (κ2) is 8.71. The number of benzene rings is 3. The average molecular weight is 425 g/mol. The summed E-state index contributed by atoms with van der Waals surface area (Å²) in [6.07, 6.45) is 7.01. The molecule has 0 aliphatic rings. The van der Waals surface area contributed by atoms with E-state index in [2.05, 4.69) is 57.7 Å². The number of fused-ring (bicyclic) bond motifs is 3. The molecule has 3 aromatic carbocycles. The molecule has 5 heteroatoms. The average Bonchev–Trinajstić information content (AvgIpc) is 3.42.